The van der Waals surface area contributed by atoms with Crippen LogP contribution in [0.15, 0.2) is 71.6 Å². The van der Waals surface area contributed by atoms with E-state index in [9.17, 15) is 8.42 Å². The van der Waals surface area contributed by atoms with Crippen LogP contribution in [-0.2, 0) is 22.9 Å². The molecule has 1 aliphatic heterocycles. The second kappa shape index (κ2) is 5.20. The van der Waals surface area contributed by atoms with Crippen molar-refractivity contribution in [3.8, 4) is 11.1 Å². The molecule has 0 radical (unpaired) electrons. The summed E-state index contributed by atoms with van der Waals surface area (Å²) in [6.07, 6.45) is 1.57. The van der Waals surface area contributed by atoms with E-state index in [-0.39, 0.29) is 0 Å². The molecule has 3 aromatic carbocycles. The lowest BCUT2D eigenvalue weighted by atomic mass is 10.1. The number of anilines is 1. The van der Waals surface area contributed by atoms with Gasteiger partial charge >= 0.3 is 0 Å². The molecule has 3 nitrogen and oxygen atoms in total. The number of sulfonamides is 1. The Morgan fingerprint density at radius 2 is 1.48 bits per heavy atom. The third-order valence-electron chi connectivity index (χ3n) is 5.20. The molecule has 0 saturated carbocycles. The predicted octanol–water partition coefficient (Wildman–Crippen LogP) is 4.01. The van der Waals surface area contributed by atoms with Crippen LogP contribution >= 0.6 is 0 Å². The Bertz CT molecular complexity index is 1100. The Labute approximate surface area is 147 Å². The van der Waals surface area contributed by atoms with Gasteiger partial charge in [-0.2, -0.15) is 0 Å². The molecule has 0 amide bonds. The molecule has 0 spiro atoms. The molecule has 0 N–H and O–H groups in total. The molecule has 4 heteroatoms. The number of para-hydroxylation sites is 1. The molecular formula is C21H17NO2S. The Morgan fingerprint density at radius 1 is 0.760 bits per heavy atom. The molecule has 0 unspecified atom stereocenters. The van der Waals surface area contributed by atoms with Gasteiger partial charge in [0.25, 0.3) is 10.0 Å². The van der Waals surface area contributed by atoms with Crippen LogP contribution in [0.4, 0.5) is 5.69 Å². The number of hydrogen-bond donors (Lipinski definition) is 0. The fourth-order valence-electron chi connectivity index (χ4n) is 3.97. The lowest BCUT2D eigenvalue weighted by molar-refractivity contribution is 0.592. The molecule has 0 saturated heterocycles. The van der Waals surface area contributed by atoms with Gasteiger partial charge < -0.3 is 0 Å². The minimum Gasteiger partial charge on any atom is -0.266 e. The second-order valence-corrected chi connectivity index (χ2v) is 8.47. The number of rotatable bonds is 2. The van der Waals surface area contributed by atoms with Gasteiger partial charge in [0.05, 0.1) is 10.6 Å². The molecule has 0 aromatic heterocycles. The van der Waals surface area contributed by atoms with Gasteiger partial charge in [0, 0.05) is 6.54 Å². The summed E-state index contributed by atoms with van der Waals surface area (Å²) in [6.45, 7) is 0.513. The molecule has 0 atom stereocenters. The minimum atomic E-state index is -3.53. The van der Waals surface area contributed by atoms with Crippen LogP contribution in [0.3, 0.4) is 0 Å². The average Bonchev–Trinajstić information content (AvgIpc) is 3.22. The highest BCUT2D eigenvalue weighted by atomic mass is 32.2. The summed E-state index contributed by atoms with van der Waals surface area (Å²) < 4.78 is 27.9. The summed E-state index contributed by atoms with van der Waals surface area (Å²) in [6, 6.07) is 21.6. The summed E-state index contributed by atoms with van der Waals surface area (Å²) in [5, 5.41) is 0. The SMILES string of the molecule is O=S(=O)(c1ccc2c(c1)Cc1ccccc1-2)N1CCc2ccccc21. The van der Waals surface area contributed by atoms with E-state index in [1.54, 1.807) is 10.4 Å². The van der Waals surface area contributed by atoms with E-state index in [1.807, 2.05) is 48.5 Å². The fraction of sp³-hybridized carbons (Fsp3) is 0.143. The predicted molar refractivity (Wildman–Crippen MR) is 99.4 cm³/mol. The first-order valence-electron chi connectivity index (χ1n) is 8.46. The van der Waals surface area contributed by atoms with Crippen LogP contribution in [0, 0.1) is 0 Å². The highest BCUT2D eigenvalue weighted by Gasteiger charge is 2.31. The molecule has 1 heterocycles. The van der Waals surface area contributed by atoms with Gasteiger partial charge in [0.2, 0.25) is 0 Å². The normalized spacial score (nSPS) is 15.0. The number of hydrogen-bond acceptors (Lipinski definition) is 2. The van der Waals surface area contributed by atoms with E-state index in [0.29, 0.717) is 11.4 Å². The Morgan fingerprint density at radius 3 is 2.36 bits per heavy atom. The van der Waals surface area contributed by atoms with Crippen molar-refractivity contribution in [3.63, 3.8) is 0 Å². The van der Waals surface area contributed by atoms with Crippen molar-refractivity contribution in [1.29, 1.82) is 0 Å². The zero-order valence-electron chi connectivity index (χ0n) is 13.6. The van der Waals surface area contributed by atoms with Crippen LogP contribution < -0.4 is 4.31 Å². The van der Waals surface area contributed by atoms with Crippen molar-refractivity contribution in [3.05, 3.63) is 83.4 Å². The third-order valence-corrected chi connectivity index (χ3v) is 7.01. The molecule has 0 bridgehead atoms. The summed E-state index contributed by atoms with van der Waals surface area (Å²) in [5.41, 5.74) is 6.63. The lowest BCUT2D eigenvalue weighted by Gasteiger charge is -2.20. The van der Waals surface area contributed by atoms with Crippen LogP contribution in [0.25, 0.3) is 11.1 Å². The van der Waals surface area contributed by atoms with Gasteiger partial charge in [0.1, 0.15) is 0 Å². The zero-order chi connectivity index (χ0) is 17.0. The number of benzene rings is 3. The number of nitrogens with zero attached hydrogens (tertiary/aromatic N) is 1. The van der Waals surface area contributed by atoms with E-state index in [2.05, 4.69) is 12.1 Å². The van der Waals surface area contributed by atoms with Crippen LogP contribution in [0.1, 0.15) is 16.7 Å². The molecule has 25 heavy (non-hydrogen) atoms. The van der Waals surface area contributed by atoms with Crippen LogP contribution in [0.2, 0.25) is 0 Å². The van der Waals surface area contributed by atoms with Gasteiger partial charge in [-0.25, -0.2) is 8.42 Å². The molecule has 2 aliphatic rings. The zero-order valence-corrected chi connectivity index (χ0v) is 14.5. The summed E-state index contributed by atoms with van der Waals surface area (Å²) >= 11 is 0. The monoisotopic (exact) mass is 347 g/mol. The van der Waals surface area contributed by atoms with Crippen molar-refractivity contribution >= 4 is 15.7 Å². The maximum Gasteiger partial charge on any atom is 0.264 e. The first-order chi connectivity index (χ1) is 12.1. The second-order valence-electron chi connectivity index (χ2n) is 6.61. The molecule has 5 rings (SSSR count). The van der Waals surface area contributed by atoms with E-state index in [1.165, 1.54) is 11.1 Å². The molecule has 0 fully saturated rings. The standard InChI is InChI=1S/C21H17NO2S/c23-25(24,22-12-11-15-5-2-4-8-21(15)22)18-9-10-20-17(14-18)13-16-6-1-3-7-19(16)20/h1-10,14H,11-13H2. The maximum absolute atomic E-state index is 13.2. The van der Waals surface area contributed by atoms with E-state index >= 15 is 0 Å². The molecular weight excluding hydrogens is 330 g/mol. The summed E-state index contributed by atoms with van der Waals surface area (Å²) in [4.78, 5) is 0.385. The quantitative estimate of drug-likeness (QED) is 0.549. The van der Waals surface area contributed by atoms with Crippen molar-refractivity contribution in [2.24, 2.45) is 0 Å². The maximum atomic E-state index is 13.2. The van der Waals surface area contributed by atoms with Crippen molar-refractivity contribution in [2.45, 2.75) is 17.7 Å². The Kier molecular flexibility index (Phi) is 3.06. The van der Waals surface area contributed by atoms with Gasteiger partial charge in [-0.15, -0.1) is 0 Å². The highest BCUT2D eigenvalue weighted by molar-refractivity contribution is 7.92. The largest absolute Gasteiger partial charge is 0.266 e. The third kappa shape index (κ3) is 2.14. The highest BCUT2D eigenvalue weighted by Crippen LogP contribution is 2.39. The fourth-order valence-corrected chi connectivity index (χ4v) is 5.52. The van der Waals surface area contributed by atoms with Gasteiger partial charge in [-0.05, 0) is 58.9 Å². The van der Waals surface area contributed by atoms with Crippen molar-refractivity contribution < 1.29 is 8.42 Å². The Balaban J connectivity index is 1.58. The average molecular weight is 347 g/mol. The Hall–Kier alpha value is -2.59. The van der Waals surface area contributed by atoms with Gasteiger partial charge in [0.15, 0.2) is 0 Å². The van der Waals surface area contributed by atoms with E-state index < -0.39 is 10.0 Å². The molecule has 3 aromatic rings. The van der Waals surface area contributed by atoms with Crippen molar-refractivity contribution in [1.82, 2.24) is 0 Å². The van der Waals surface area contributed by atoms with Gasteiger partial charge in [-0.3, -0.25) is 4.31 Å². The van der Waals surface area contributed by atoms with Gasteiger partial charge in [-0.1, -0.05) is 48.5 Å². The first kappa shape index (κ1) is 14.7. The summed E-state index contributed by atoms with van der Waals surface area (Å²) in [5.74, 6) is 0. The van der Waals surface area contributed by atoms with Crippen LogP contribution in [0.5, 0.6) is 0 Å². The van der Waals surface area contributed by atoms with Crippen molar-refractivity contribution in [2.75, 3.05) is 10.8 Å². The minimum absolute atomic E-state index is 0.385. The van der Waals surface area contributed by atoms with Crippen LogP contribution in [-0.4, -0.2) is 15.0 Å². The summed E-state index contributed by atoms with van der Waals surface area (Å²) in [7, 11) is -3.53. The smallest absolute Gasteiger partial charge is 0.264 e. The molecule has 124 valence electrons. The lowest BCUT2D eigenvalue weighted by Crippen LogP contribution is -2.29. The molecule has 1 aliphatic carbocycles. The first-order valence-corrected chi connectivity index (χ1v) is 9.90. The number of fused-ring (bicyclic) bond motifs is 4. The topological polar surface area (TPSA) is 37.4 Å². The van der Waals surface area contributed by atoms with E-state index in [4.69, 9.17) is 0 Å². The van der Waals surface area contributed by atoms with E-state index in [0.717, 1.165) is 35.2 Å².